The number of hydrogen-bond acceptors (Lipinski definition) is 3. The number of esters is 1. The Morgan fingerprint density at radius 3 is 2.92 bits per heavy atom. The van der Waals surface area contributed by atoms with Crippen molar-refractivity contribution in [1.82, 2.24) is 0 Å². The Morgan fingerprint density at radius 2 is 2.38 bits per heavy atom. The summed E-state index contributed by atoms with van der Waals surface area (Å²) >= 11 is 1.64. The Balaban J connectivity index is 2.27. The van der Waals surface area contributed by atoms with Gasteiger partial charge in [-0.25, -0.2) is 4.79 Å². The molecule has 0 saturated heterocycles. The lowest BCUT2D eigenvalue weighted by molar-refractivity contribution is -0.138. The normalized spacial score (nSPS) is 19.9. The Morgan fingerprint density at radius 1 is 1.62 bits per heavy atom. The van der Waals surface area contributed by atoms with E-state index in [0.717, 1.165) is 0 Å². The van der Waals surface area contributed by atoms with Gasteiger partial charge in [0, 0.05) is 5.57 Å². The summed E-state index contributed by atoms with van der Waals surface area (Å²) in [6, 6.07) is 0. The van der Waals surface area contributed by atoms with E-state index in [2.05, 4.69) is 6.58 Å². The van der Waals surface area contributed by atoms with E-state index in [1.54, 1.807) is 18.7 Å². The van der Waals surface area contributed by atoms with Crippen molar-refractivity contribution in [3.8, 4) is 0 Å². The topological polar surface area (TPSA) is 26.3 Å². The molecule has 0 aromatic rings. The Bertz CT molecular complexity index is 266. The van der Waals surface area contributed by atoms with Crippen LogP contribution in [0.4, 0.5) is 0 Å². The van der Waals surface area contributed by atoms with Crippen LogP contribution in [0.1, 0.15) is 6.92 Å². The third-order valence-corrected chi connectivity index (χ3v) is 2.45. The van der Waals surface area contributed by atoms with Crippen molar-refractivity contribution in [2.45, 2.75) is 12.2 Å². The first-order valence-corrected chi connectivity index (χ1v) is 4.96. The lowest BCUT2D eigenvalue weighted by atomic mass is 10.3. The van der Waals surface area contributed by atoms with E-state index in [1.807, 2.05) is 23.6 Å². The molecule has 70 valence electrons. The van der Waals surface area contributed by atoms with Crippen LogP contribution in [0.3, 0.4) is 0 Å². The molecule has 1 aliphatic heterocycles. The summed E-state index contributed by atoms with van der Waals surface area (Å²) in [4.78, 5) is 11.0. The van der Waals surface area contributed by atoms with E-state index >= 15 is 0 Å². The van der Waals surface area contributed by atoms with Gasteiger partial charge in [-0.3, -0.25) is 0 Å². The zero-order valence-corrected chi connectivity index (χ0v) is 8.34. The van der Waals surface area contributed by atoms with Gasteiger partial charge in [-0.1, -0.05) is 24.8 Å². The molecule has 0 aromatic carbocycles. The van der Waals surface area contributed by atoms with Crippen LogP contribution in [0.2, 0.25) is 0 Å². The van der Waals surface area contributed by atoms with Gasteiger partial charge in [-0.05, 0) is 12.3 Å². The smallest absolute Gasteiger partial charge is 0.333 e. The van der Waals surface area contributed by atoms with Crippen molar-refractivity contribution in [3.05, 3.63) is 35.8 Å². The number of carbonyl (C=O) groups is 1. The quantitative estimate of drug-likeness (QED) is 0.511. The van der Waals surface area contributed by atoms with E-state index in [9.17, 15) is 4.79 Å². The van der Waals surface area contributed by atoms with E-state index < -0.39 is 0 Å². The molecule has 0 bridgehead atoms. The molecule has 0 aliphatic carbocycles. The average molecular weight is 196 g/mol. The van der Waals surface area contributed by atoms with Crippen molar-refractivity contribution < 1.29 is 9.53 Å². The summed E-state index contributed by atoms with van der Waals surface area (Å²) in [6.07, 6.45) is 5.92. The highest BCUT2D eigenvalue weighted by Crippen LogP contribution is 2.18. The van der Waals surface area contributed by atoms with Crippen LogP contribution in [0, 0.1) is 0 Å². The van der Waals surface area contributed by atoms with Crippen LogP contribution < -0.4 is 0 Å². The van der Waals surface area contributed by atoms with Crippen LogP contribution in [-0.4, -0.2) is 17.8 Å². The maximum absolute atomic E-state index is 11.0. The van der Waals surface area contributed by atoms with E-state index in [-0.39, 0.29) is 11.2 Å². The second kappa shape index (κ2) is 4.92. The fourth-order valence-electron chi connectivity index (χ4n) is 0.801. The summed E-state index contributed by atoms with van der Waals surface area (Å²) in [7, 11) is 0. The molecule has 0 radical (unpaired) electrons. The molecule has 3 heteroatoms. The summed E-state index contributed by atoms with van der Waals surface area (Å²) < 4.78 is 5.00. The zero-order chi connectivity index (χ0) is 9.68. The van der Waals surface area contributed by atoms with Gasteiger partial charge in [0.15, 0.2) is 0 Å². The SMILES string of the molecule is C=C(C)C(=O)OCC1C=CC=CS1. The molecule has 0 saturated carbocycles. The molecule has 0 fully saturated rings. The molecule has 0 spiro atoms. The molecular formula is C10H12O2S. The van der Waals surface area contributed by atoms with Crippen LogP contribution in [0.25, 0.3) is 0 Å². The Kier molecular flexibility index (Phi) is 3.83. The number of allylic oxidation sites excluding steroid dienone is 2. The van der Waals surface area contributed by atoms with Crippen LogP contribution in [0.5, 0.6) is 0 Å². The average Bonchev–Trinajstić information content (AvgIpc) is 2.15. The van der Waals surface area contributed by atoms with E-state index in [1.165, 1.54) is 0 Å². The standard InChI is InChI=1S/C10H12O2S/c1-8(2)10(11)12-7-9-5-3-4-6-13-9/h3-6,9H,1,7H2,2H3. The molecule has 1 unspecified atom stereocenters. The number of ether oxygens (including phenoxy) is 1. The summed E-state index contributed by atoms with van der Waals surface area (Å²) in [5, 5.41) is 2.23. The summed E-state index contributed by atoms with van der Waals surface area (Å²) in [5.74, 6) is -0.316. The molecule has 0 aromatic heterocycles. The number of thioether (sulfide) groups is 1. The van der Waals surface area contributed by atoms with Crippen molar-refractivity contribution in [1.29, 1.82) is 0 Å². The molecule has 13 heavy (non-hydrogen) atoms. The predicted octanol–water partition coefficient (Wildman–Crippen LogP) is 2.29. The maximum Gasteiger partial charge on any atom is 0.333 e. The van der Waals surface area contributed by atoms with Crippen molar-refractivity contribution in [2.24, 2.45) is 0 Å². The van der Waals surface area contributed by atoms with Crippen LogP contribution in [-0.2, 0) is 9.53 Å². The predicted molar refractivity (Wildman–Crippen MR) is 55.4 cm³/mol. The number of hydrogen-bond donors (Lipinski definition) is 0. The number of carbonyl (C=O) groups excluding carboxylic acids is 1. The largest absolute Gasteiger partial charge is 0.461 e. The monoisotopic (exact) mass is 196 g/mol. The third-order valence-electron chi connectivity index (χ3n) is 1.50. The van der Waals surface area contributed by atoms with Gasteiger partial charge in [-0.2, -0.15) is 0 Å². The third kappa shape index (κ3) is 3.51. The van der Waals surface area contributed by atoms with Gasteiger partial charge in [0.1, 0.15) is 6.61 Å². The van der Waals surface area contributed by atoms with Gasteiger partial charge in [-0.15, -0.1) is 11.8 Å². The van der Waals surface area contributed by atoms with Gasteiger partial charge in [0.2, 0.25) is 0 Å². The Labute approximate surface area is 82.3 Å². The highest BCUT2D eigenvalue weighted by molar-refractivity contribution is 8.02. The van der Waals surface area contributed by atoms with Crippen LogP contribution in [0.15, 0.2) is 35.8 Å². The molecule has 1 atom stereocenters. The minimum absolute atomic E-state index is 0.244. The van der Waals surface area contributed by atoms with Crippen LogP contribution >= 0.6 is 11.8 Å². The van der Waals surface area contributed by atoms with E-state index in [0.29, 0.717) is 12.2 Å². The molecule has 1 heterocycles. The zero-order valence-electron chi connectivity index (χ0n) is 7.53. The fraction of sp³-hybridized carbons (Fsp3) is 0.300. The lowest BCUT2D eigenvalue weighted by Gasteiger charge is -2.12. The fourth-order valence-corrected chi connectivity index (χ4v) is 1.51. The second-order valence-corrected chi connectivity index (χ2v) is 3.92. The molecule has 1 aliphatic rings. The summed E-state index contributed by atoms with van der Waals surface area (Å²) in [6.45, 7) is 5.56. The van der Waals surface area contributed by atoms with Gasteiger partial charge in [0.25, 0.3) is 0 Å². The van der Waals surface area contributed by atoms with Crippen molar-refractivity contribution >= 4 is 17.7 Å². The maximum atomic E-state index is 11.0. The Hall–Kier alpha value is -0.960. The number of rotatable bonds is 3. The van der Waals surface area contributed by atoms with Gasteiger partial charge >= 0.3 is 5.97 Å². The van der Waals surface area contributed by atoms with Gasteiger partial charge in [0.05, 0.1) is 5.25 Å². The molecular weight excluding hydrogens is 184 g/mol. The minimum atomic E-state index is -0.316. The highest BCUT2D eigenvalue weighted by atomic mass is 32.2. The first-order chi connectivity index (χ1) is 6.20. The van der Waals surface area contributed by atoms with E-state index in [4.69, 9.17) is 4.74 Å². The molecule has 2 nitrogen and oxygen atoms in total. The molecule has 0 N–H and O–H groups in total. The first-order valence-electron chi connectivity index (χ1n) is 4.01. The van der Waals surface area contributed by atoms with Crippen molar-refractivity contribution in [3.63, 3.8) is 0 Å². The molecule has 1 rings (SSSR count). The second-order valence-electron chi connectivity index (χ2n) is 2.77. The minimum Gasteiger partial charge on any atom is -0.461 e. The summed E-state index contributed by atoms with van der Waals surface area (Å²) in [5.41, 5.74) is 0.445. The van der Waals surface area contributed by atoms with Crippen molar-refractivity contribution in [2.75, 3.05) is 6.61 Å². The molecule has 0 amide bonds. The van der Waals surface area contributed by atoms with Gasteiger partial charge < -0.3 is 4.74 Å². The lowest BCUT2D eigenvalue weighted by Crippen LogP contribution is -2.14. The first kappa shape index (κ1) is 10.1. The highest BCUT2D eigenvalue weighted by Gasteiger charge is 2.09.